The largest absolute Gasteiger partial charge is 0.489 e. The summed E-state index contributed by atoms with van der Waals surface area (Å²) in [5.41, 5.74) is 9.04. The van der Waals surface area contributed by atoms with Gasteiger partial charge in [0.05, 0.1) is 0 Å². The molecular formula is C21H27ClN2O2. The molecule has 0 aliphatic heterocycles. The second-order valence-corrected chi connectivity index (χ2v) is 6.80. The lowest BCUT2D eigenvalue weighted by Gasteiger charge is -2.17. The summed E-state index contributed by atoms with van der Waals surface area (Å²) in [6.07, 6.45) is 3.72. The van der Waals surface area contributed by atoms with Crippen molar-refractivity contribution in [2.24, 2.45) is 11.7 Å². The highest BCUT2D eigenvalue weighted by Crippen LogP contribution is 2.28. The fourth-order valence-electron chi connectivity index (χ4n) is 3.41. The Bertz CT molecular complexity index is 721. The molecule has 26 heavy (non-hydrogen) atoms. The van der Waals surface area contributed by atoms with Crippen LogP contribution in [0.3, 0.4) is 0 Å². The average molecular weight is 375 g/mol. The zero-order chi connectivity index (χ0) is 17.6. The summed E-state index contributed by atoms with van der Waals surface area (Å²) in [4.78, 5) is 12.4. The molecule has 5 heteroatoms. The van der Waals surface area contributed by atoms with Gasteiger partial charge in [-0.2, -0.15) is 0 Å². The number of nitrogens with two attached hydrogens (primary N) is 1. The summed E-state index contributed by atoms with van der Waals surface area (Å²) < 4.78 is 5.83. The summed E-state index contributed by atoms with van der Waals surface area (Å²) in [5.74, 6) is 1.20. The van der Waals surface area contributed by atoms with Crippen molar-refractivity contribution in [3.8, 4) is 5.75 Å². The number of anilines is 1. The number of amides is 1. The topological polar surface area (TPSA) is 64.3 Å². The lowest BCUT2D eigenvalue weighted by Crippen LogP contribution is -2.28. The molecule has 1 aliphatic rings. The lowest BCUT2D eigenvalue weighted by molar-refractivity contribution is -0.117. The van der Waals surface area contributed by atoms with Crippen molar-refractivity contribution >= 4 is 24.0 Å². The standard InChI is InChI=1S/C21H26N2O2.ClH/c1-15-17(14-25-18-9-3-2-4-10-18)8-6-12-20(15)23-21(24)13-16-7-5-11-19(16)22;/h2-4,6,8-10,12,16,19H,5,7,11,13-14,22H2,1H3,(H,23,24);1H/t16-,19+;/m0./s1. The van der Waals surface area contributed by atoms with Crippen molar-refractivity contribution < 1.29 is 9.53 Å². The smallest absolute Gasteiger partial charge is 0.224 e. The lowest BCUT2D eigenvalue weighted by atomic mass is 9.99. The molecule has 2 aromatic rings. The van der Waals surface area contributed by atoms with Gasteiger partial charge in [0.15, 0.2) is 0 Å². The molecule has 1 saturated carbocycles. The van der Waals surface area contributed by atoms with Crippen LogP contribution in [0.4, 0.5) is 5.69 Å². The highest BCUT2D eigenvalue weighted by atomic mass is 35.5. The maximum atomic E-state index is 12.4. The zero-order valence-corrected chi connectivity index (χ0v) is 15.9. The van der Waals surface area contributed by atoms with Crippen molar-refractivity contribution in [1.82, 2.24) is 0 Å². The summed E-state index contributed by atoms with van der Waals surface area (Å²) in [6, 6.07) is 15.8. The van der Waals surface area contributed by atoms with Crippen LogP contribution >= 0.6 is 12.4 Å². The van der Waals surface area contributed by atoms with Gasteiger partial charge in [0.1, 0.15) is 12.4 Å². The first-order valence-corrected chi connectivity index (χ1v) is 8.95. The van der Waals surface area contributed by atoms with Crippen LogP contribution in [0.1, 0.15) is 36.8 Å². The molecule has 2 atom stereocenters. The third-order valence-corrected chi connectivity index (χ3v) is 5.02. The molecule has 4 nitrogen and oxygen atoms in total. The van der Waals surface area contributed by atoms with Crippen LogP contribution in [-0.2, 0) is 11.4 Å². The van der Waals surface area contributed by atoms with Crippen LogP contribution in [0.5, 0.6) is 5.75 Å². The Kier molecular flexibility index (Phi) is 7.49. The fraction of sp³-hybridized carbons (Fsp3) is 0.381. The van der Waals surface area contributed by atoms with Crippen LogP contribution in [0, 0.1) is 12.8 Å². The molecular weight excluding hydrogens is 348 g/mol. The third-order valence-electron chi connectivity index (χ3n) is 5.02. The van der Waals surface area contributed by atoms with Gasteiger partial charge < -0.3 is 15.8 Å². The number of benzene rings is 2. The number of para-hydroxylation sites is 1. The Balaban J connectivity index is 0.00000243. The molecule has 0 bridgehead atoms. The summed E-state index contributed by atoms with van der Waals surface area (Å²) in [5, 5.41) is 3.05. The number of nitrogens with one attached hydrogen (secondary N) is 1. The molecule has 1 aliphatic carbocycles. The highest BCUT2D eigenvalue weighted by molar-refractivity contribution is 5.91. The van der Waals surface area contributed by atoms with E-state index in [0.29, 0.717) is 18.9 Å². The maximum Gasteiger partial charge on any atom is 0.224 e. The van der Waals surface area contributed by atoms with Gasteiger partial charge in [-0.05, 0) is 55.0 Å². The summed E-state index contributed by atoms with van der Waals surface area (Å²) in [6.45, 7) is 2.49. The van der Waals surface area contributed by atoms with Crippen molar-refractivity contribution in [2.45, 2.75) is 45.3 Å². The van der Waals surface area contributed by atoms with E-state index in [2.05, 4.69) is 5.32 Å². The summed E-state index contributed by atoms with van der Waals surface area (Å²) >= 11 is 0. The molecule has 3 N–H and O–H groups in total. The molecule has 0 spiro atoms. The SMILES string of the molecule is Cc1c(COc2ccccc2)cccc1NC(=O)C[C@@H]1CCC[C@H]1N.Cl. The van der Waals surface area contributed by atoms with E-state index >= 15 is 0 Å². The van der Waals surface area contributed by atoms with Crippen LogP contribution < -0.4 is 15.8 Å². The van der Waals surface area contributed by atoms with E-state index in [9.17, 15) is 4.79 Å². The van der Waals surface area contributed by atoms with E-state index in [4.69, 9.17) is 10.5 Å². The van der Waals surface area contributed by atoms with Crippen molar-refractivity contribution in [3.63, 3.8) is 0 Å². The number of carbonyl (C=O) groups is 1. The predicted molar refractivity (Wildman–Crippen MR) is 108 cm³/mol. The normalized spacial score (nSPS) is 18.8. The number of halogens is 1. The second kappa shape index (κ2) is 9.60. The molecule has 3 rings (SSSR count). The van der Waals surface area contributed by atoms with Crippen LogP contribution in [0.2, 0.25) is 0 Å². The minimum Gasteiger partial charge on any atom is -0.489 e. The highest BCUT2D eigenvalue weighted by Gasteiger charge is 2.26. The monoisotopic (exact) mass is 374 g/mol. The molecule has 2 aromatic carbocycles. The van der Waals surface area contributed by atoms with Crippen LogP contribution in [0.25, 0.3) is 0 Å². The quantitative estimate of drug-likeness (QED) is 0.784. The number of rotatable bonds is 6. The van der Waals surface area contributed by atoms with E-state index in [-0.39, 0.29) is 24.4 Å². The van der Waals surface area contributed by atoms with Crippen LogP contribution in [0.15, 0.2) is 48.5 Å². The Morgan fingerprint density at radius 2 is 1.92 bits per heavy atom. The van der Waals surface area contributed by atoms with E-state index in [1.54, 1.807) is 0 Å². The number of ether oxygens (including phenoxy) is 1. The van der Waals surface area contributed by atoms with Crippen molar-refractivity contribution in [2.75, 3.05) is 5.32 Å². The minimum absolute atomic E-state index is 0. The predicted octanol–water partition coefficient (Wildman–Crippen LogP) is 4.45. The first-order valence-electron chi connectivity index (χ1n) is 8.95. The van der Waals surface area contributed by atoms with E-state index in [1.807, 2.05) is 55.5 Å². The first-order chi connectivity index (χ1) is 12.1. The molecule has 0 radical (unpaired) electrons. The van der Waals surface area contributed by atoms with Gasteiger partial charge in [0.2, 0.25) is 5.91 Å². The van der Waals surface area contributed by atoms with Gasteiger partial charge in [0.25, 0.3) is 0 Å². The van der Waals surface area contributed by atoms with Crippen molar-refractivity contribution in [1.29, 1.82) is 0 Å². The first kappa shape index (κ1) is 20.3. The van der Waals surface area contributed by atoms with Gasteiger partial charge in [0, 0.05) is 18.2 Å². The molecule has 1 fully saturated rings. The van der Waals surface area contributed by atoms with Gasteiger partial charge in [-0.1, -0.05) is 36.8 Å². The van der Waals surface area contributed by atoms with E-state index in [0.717, 1.165) is 41.8 Å². The second-order valence-electron chi connectivity index (χ2n) is 6.80. The van der Waals surface area contributed by atoms with Crippen LogP contribution in [-0.4, -0.2) is 11.9 Å². The number of carbonyl (C=O) groups excluding carboxylic acids is 1. The Hall–Kier alpha value is -2.04. The minimum atomic E-state index is 0. The summed E-state index contributed by atoms with van der Waals surface area (Å²) in [7, 11) is 0. The van der Waals surface area contributed by atoms with Gasteiger partial charge in [-0.25, -0.2) is 0 Å². The Morgan fingerprint density at radius 3 is 2.62 bits per heavy atom. The molecule has 140 valence electrons. The van der Waals surface area contributed by atoms with E-state index < -0.39 is 0 Å². The number of hydrogen-bond donors (Lipinski definition) is 2. The number of hydrogen-bond acceptors (Lipinski definition) is 3. The molecule has 0 saturated heterocycles. The van der Waals surface area contributed by atoms with Crippen molar-refractivity contribution in [3.05, 3.63) is 59.7 Å². The molecule has 0 heterocycles. The average Bonchev–Trinajstić information content (AvgIpc) is 3.01. The van der Waals surface area contributed by atoms with Gasteiger partial charge in [-0.15, -0.1) is 12.4 Å². The third kappa shape index (κ3) is 5.23. The van der Waals surface area contributed by atoms with Gasteiger partial charge in [-0.3, -0.25) is 4.79 Å². The van der Waals surface area contributed by atoms with E-state index in [1.165, 1.54) is 0 Å². The molecule has 0 aromatic heterocycles. The Labute approximate surface area is 161 Å². The molecule has 0 unspecified atom stereocenters. The zero-order valence-electron chi connectivity index (χ0n) is 15.1. The fourth-order valence-corrected chi connectivity index (χ4v) is 3.41. The Morgan fingerprint density at radius 1 is 1.15 bits per heavy atom. The maximum absolute atomic E-state index is 12.4. The van der Waals surface area contributed by atoms with Gasteiger partial charge >= 0.3 is 0 Å². The molecule has 1 amide bonds.